The molecule has 7 nitrogen and oxygen atoms in total. The number of hydrogen-bond donors (Lipinski definition) is 3. The molecule has 0 aliphatic carbocycles. The summed E-state index contributed by atoms with van der Waals surface area (Å²) in [6.07, 6.45) is -0.888. The Hall–Kier alpha value is -1.32. The molecule has 0 bridgehead atoms. The number of aliphatic hydroxyl groups excluding tert-OH is 1. The molecule has 0 aromatic carbocycles. The summed E-state index contributed by atoms with van der Waals surface area (Å²) in [4.78, 5) is 48.6. The lowest BCUT2D eigenvalue weighted by molar-refractivity contribution is -0.153. The Labute approximate surface area is 129 Å². The van der Waals surface area contributed by atoms with Crippen LogP contribution in [0.15, 0.2) is 10.6 Å². The molecule has 0 aromatic rings. The standard InChI is InChI=1S/C12H12N2O5S2/c1-3(15)6-10(18)14-7(12(19)20)8(21-11(6)14)4-2-5(16)13-9(4)17/h3-4,6,11,15H,2H2,1H3,(H,19,20)(H,13,16,17)/t3-,4?,6+,11-/m1/s1. The van der Waals surface area contributed by atoms with Crippen molar-refractivity contribution in [3.8, 4) is 0 Å². The van der Waals surface area contributed by atoms with Crippen molar-refractivity contribution >= 4 is 47.2 Å². The van der Waals surface area contributed by atoms with Gasteiger partial charge in [0.25, 0.3) is 0 Å². The third-order valence-electron chi connectivity index (χ3n) is 3.81. The highest BCUT2D eigenvalue weighted by Gasteiger charge is 2.58. The molecule has 3 aliphatic rings. The van der Waals surface area contributed by atoms with Gasteiger partial charge in [0.2, 0.25) is 22.8 Å². The summed E-state index contributed by atoms with van der Waals surface area (Å²) in [5.74, 6) is -2.62. The second-order valence-electron chi connectivity index (χ2n) is 5.17. The van der Waals surface area contributed by atoms with Crippen molar-refractivity contribution in [1.29, 1.82) is 0 Å². The minimum atomic E-state index is -0.846. The third kappa shape index (κ3) is 2.02. The highest BCUT2D eigenvalue weighted by atomic mass is 32.2. The van der Waals surface area contributed by atoms with Crippen LogP contribution in [-0.4, -0.2) is 44.3 Å². The fourth-order valence-corrected chi connectivity index (χ4v) is 4.85. The molecule has 0 radical (unpaired) electrons. The van der Waals surface area contributed by atoms with Crippen molar-refractivity contribution in [2.75, 3.05) is 0 Å². The van der Waals surface area contributed by atoms with Crippen LogP contribution in [0, 0.1) is 11.8 Å². The van der Waals surface area contributed by atoms with E-state index in [0.29, 0.717) is 4.91 Å². The van der Waals surface area contributed by atoms with Crippen molar-refractivity contribution in [3.05, 3.63) is 10.6 Å². The van der Waals surface area contributed by atoms with E-state index in [1.807, 2.05) is 0 Å². The van der Waals surface area contributed by atoms with Gasteiger partial charge in [-0.1, -0.05) is 12.6 Å². The predicted molar refractivity (Wildman–Crippen MR) is 75.7 cm³/mol. The van der Waals surface area contributed by atoms with Crippen LogP contribution in [0.2, 0.25) is 0 Å². The van der Waals surface area contributed by atoms with Crippen LogP contribution in [0.5, 0.6) is 0 Å². The number of nitrogens with zero attached hydrogens (tertiary/aromatic N) is 1. The molecule has 4 atom stereocenters. The Morgan fingerprint density at radius 3 is 2.62 bits per heavy atom. The Morgan fingerprint density at radius 2 is 2.14 bits per heavy atom. The lowest BCUT2D eigenvalue weighted by Gasteiger charge is -2.43. The van der Waals surface area contributed by atoms with Gasteiger partial charge in [-0.25, -0.2) is 0 Å². The summed E-state index contributed by atoms with van der Waals surface area (Å²) < 4.78 is 0. The van der Waals surface area contributed by atoms with Crippen molar-refractivity contribution in [2.45, 2.75) is 24.8 Å². The molecular formula is C12H12N2O5S2. The molecule has 9 heteroatoms. The first kappa shape index (κ1) is 14.6. The molecule has 3 aliphatic heterocycles. The summed E-state index contributed by atoms with van der Waals surface area (Å²) in [7, 11) is 0. The van der Waals surface area contributed by atoms with Gasteiger partial charge in [-0.2, -0.15) is 0 Å². The SMILES string of the molecule is C[C@@H](O)[C@H]1C(=O)N2C(C(=O)S)=C(C3CC(=O)NC3=O)S[C@H]12. The monoisotopic (exact) mass is 328 g/mol. The van der Waals surface area contributed by atoms with Gasteiger partial charge in [0.15, 0.2) is 0 Å². The van der Waals surface area contributed by atoms with Gasteiger partial charge in [-0.3, -0.25) is 29.4 Å². The predicted octanol–water partition coefficient (Wildman–Crippen LogP) is -0.771. The Bertz CT molecular complexity index is 615. The van der Waals surface area contributed by atoms with Crippen LogP contribution in [-0.2, 0) is 19.2 Å². The van der Waals surface area contributed by atoms with Crippen LogP contribution in [0.25, 0.3) is 0 Å². The fourth-order valence-electron chi connectivity index (χ4n) is 2.82. The fraction of sp³-hybridized carbons (Fsp3) is 0.500. The number of fused-ring (bicyclic) bond motifs is 1. The van der Waals surface area contributed by atoms with E-state index in [1.165, 1.54) is 23.6 Å². The number of hydrogen-bond acceptors (Lipinski definition) is 6. The maximum atomic E-state index is 12.1. The summed E-state index contributed by atoms with van der Waals surface area (Å²) in [6.45, 7) is 1.51. The van der Waals surface area contributed by atoms with Crippen LogP contribution in [0.1, 0.15) is 13.3 Å². The zero-order valence-electron chi connectivity index (χ0n) is 10.9. The highest BCUT2D eigenvalue weighted by Crippen LogP contribution is 2.53. The lowest BCUT2D eigenvalue weighted by atomic mass is 9.92. The van der Waals surface area contributed by atoms with Crippen molar-refractivity contribution < 1.29 is 24.3 Å². The molecule has 3 rings (SSSR count). The largest absolute Gasteiger partial charge is 0.392 e. The first-order chi connectivity index (χ1) is 9.82. The molecule has 0 saturated carbocycles. The number of imide groups is 1. The van der Waals surface area contributed by atoms with E-state index in [9.17, 15) is 24.3 Å². The first-order valence-electron chi connectivity index (χ1n) is 6.32. The molecule has 3 heterocycles. The van der Waals surface area contributed by atoms with E-state index in [4.69, 9.17) is 0 Å². The summed E-state index contributed by atoms with van der Waals surface area (Å²) in [5, 5.41) is 10.8. The highest BCUT2D eigenvalue weighted by molar-refractivity contribution is 8.04. The van der Waals surface area contributed by atoms with E-state index < -0.39 is 40.2 Å². The minimum absolute atomic E-state index is 0.0418. The molecule has 2 N–H and O–H groups in total. The molecule has 1 unspecified atom stereocenters. The van der Waals surface area contributed by atoms with Crippen molar-refractivity contribution in [1.82, 2.24) is 10.2 Å². The van der Waals surface area contributed by atoms with Gasteiger partial charge in [-0.15, -0.1) is 11.8 Å². The number of amides is 3. The molecule has 2 fully saturated rings. The molecule has 21 heavy (non-hydrogen) atoms. The van der Waals surface area contributed by atoms with Crippen molar-refractivity contribution in [3.63, 3.8) is 0 Å². The van der Waals surface area contributed by atoms with Crippen LogP contribution < -0.4 is 5.32 Å². The maximum Gasteiger partial charge on any atom is 0.236 e. The Morgan fingerprint density at radius 1 is 1.48 bits per heavy atom. The molecular weight excluding hydrogens is 316 g/mol. The van der Waals surface area contributed by atoms with Gasteiger partial charge in [0.05, 0.1) is 17.9 Å². The number of thiol groups is 1. The van der Waals surface area contributed by atoms with E-state index in [2.05, 4.69) is 17.9 Å². The zero-order chi connectivity index (χ0) is 15.5. The second kappa shape index (κ2) is 4.85. The molecule has 112 valence electrons. The third-order valence-corrected chi connectivity index (χ3v) is 5.50. The molecule has 3 amide bonds. The topological polar surface area (TPSA) is 104 Å². The molecule has 0 spiro atoms. The average Bonchev–Trinajstić information content (AvgIpc) is 2.86. The summed E-state index contributed by atoms with van der Waals surface area (Å²) >= 11 is 4.95. The van der Waals surface area contributed by atoms with Crippen LogP contribution in [0.3, 0.4) is 0 Å². The van der Waals surface area contributed by atoms with Crippen LogP contribution >= 0.6 is 24.4 Å². The normalized spacial score (nSPS) is 33.0. The summed E-state index contributed by atoms with van der Waals surface area (Å²) in [5.41, 5.74) is 0.0603. The molecule has 0 aromatic heterocycles. The Balaban J connectivity index is 1.97. The number of carbonyl (C=O) groups excluding carboxylic acids is 4. The van der Waals surface area contributed by atoms with Gasteiger partial charge < -0.3 is 5.11 Å². The number of thioether (sulfide) groups is 1. The zero-order valence-corrected chi connectivity index (χ0v) is 12.6. The quantitative estimate of drug-likeness (QED) is 0.357. The Kier molecular flexibility index (Phi) is 3.38. The first-order valence-corrected chi connectivity index (χ1v) is 7.64. The van der Waals surface area contributed by atoms with Crippen LogP contribution in [0.4, 0.5) is 0 Å². The minimum Gasteiger partial charge on any atom is -0.392 e. The van der Waals surface area contributed by atoms with E-state index in [1.54, 1.807) is 0 Å². The number of nitrogens with one attached hydrogen (secondary N) is 1. The van der Waals surface area contributed by atoms with Gasteiger partial charge in [0.1, 0.15) is 11.1 Å². The smallest absolute Gasteiger partial charge is 0.236 e. The number of aliphatic hydroxyl groups is 1. The maximum absolute atomic E-state index is 12.1. The van der Waals surface area contributed by atoms with Gasteiger partial charge >= 0.3 is 0 Å². The van der Waals surface area contributed by atoms with Gasteiger partial charge in [-0.05, 0) is 6.92 Å². The number of rotatable bonds is 3. The number of carbonyl (C=O) groups is 4. The van der Waals surface area contributed by atoms with E-state index >= 15 is 0 Å². The summed E-state index contributed by atoms with van der Waals surface area (Å²) in [6, 6.07) is 0. The van der Waals surface area contributed by atoms with E-state index in [0.717, 1.165) is 0 Å². The van der Waals surface area contributed by atoms with Crippen molar-refractivity contribution in [2.24, 2.45) is 11.8 Å². The van der Waals surface area contributed by atoms with Gasteiger partial charge in [0, 0.05) is 11.3 Å². The molecule has 2 saturated heterocycles. The second-order valence-corrected chi connectivity index (χ2v) is 6.73. The average molecular weight is 328 g/mol. The number of β-lactam (4-membered cyclic amide) rings is 1. The lowest BCUT2D eigenvalue weighted by Crippen LogP contribution is -2.60. The van der Waals surface area contributed by atoms with E-state index in [-0.39, 0.29) is 18.0 Å².